The Morgan fingerprint density at radius 2 is 1.87 bits per heavy atom. The highest BCUT2D eigenvalue weighted by atomic mass is 16.5. The second-order valence-corrected chi connectivity index (χ2v) is 9.13. The Morgan fingerprint density at radius 3 is 2.63 bits per heavy atom. The van der Waals surface area contributed by atoms with Gasteiger partial charge in [-0.1, -0.05) is 63.2 Å². The third-order valence-electron chi connectivity index (χ3n) is 6.03. The fourth-order valence-electron chi connectivity index (χ4n) is 4.79. The Morgan fingerprint density at radius 1 is 1.13 bits per heavy atom. The normalized spacial score (nSPS) is 20.8. The van der Waals surface area contributed by atoms with Crippen molar-refractivity contribution in [2.24, 2.45) is 5.41 Å². The van der Waals surface area contributed by atoms with Crippen molar-refractivity contribution >= 4 is 22.5 Å². The molecule has 0 amide bonds. The Kier molecular flexibility index (Phi) is 5.27. The van der Waals surface area contributed by atoms with E-state index >= 15 is 0 Å². The fraction of sp³-hybridized carbons (Fsp3) is 0.385. The molecular weight excluding hydrogens is 374 g/mol. The molecule has 2 aliphatic rings. The zero-order valence-corrected chi connectivity index (χ0v) is 18.2. The highest BCUT2D eigenvalue weighted by molar-refractivity contribution is 6.05. The van der Waals surface area contributed by atoms with E-state index in [0.717, 1.165) is 46.1 Å². The van der Waals surface area contributed by atoms with E-state index in [9.17, 15) is 9.59 Å². The first-order valence-corrected chi connectivity index (χ1v) is 10.7. The van der Waals surface area contributed by atoms with Crippen molar-refractivity contribution in [3.05, 3.63) is 70.6 Å². The van der Waals surface area contributed by atoms with Gasteiger partial charge in [-0.05, 0) is 41.5 Å². The summed E-state index contributed by atoms with van der Waals surface area (Å²) in [5, 5.41) is 5.55. The van der Waals surface area contributed by atoms with Gasteiger partial charge < -0.3 is 10.1 Å². The van der Waals surface area contributed by atoms with Gasteiger partial charge in [0.1, 0.15) is 0 Å². The summed E-state index contributed by atoms with van der Waals surface area (Å²) in [5.74, 6) is -0.649. The molecule has 30 heavy (non-hydrogen) atoms. The van der Waals surface area contributed by atoms with E-state index in [4.69, 9.17) is 4.74 Å². The lowest BCUT2D eigenvalue weighted by molar-refractivity contribution is -0.139. The van der Waals surface area contributed by atoms with Crippen LogP contribution in [0, 0.1) is 5.41 Å². The predicted octanol–water partition coefficient (Wildman–Crippen LogP) is 5.40. The molecule has 2 aromatic rings. The van der Waals surface area contributed by atoms with Crippen LogP contribution in [-0.2, 0) is 14.3 Å². The molecule has 0 spiro atoms. The van der Waals surface area contributed by atoms with Crippen LogP contribution in [0.1, 0.15) is 58.4 Å². The van der Waals surface area contributed by atoms with Gasteiger partial charge in [0.05, 0.1) is 12.2 Å². The van der Waals surface area contributed by atoms with Gasteiger partial charge >= 0.3 is 5.97 Å². The summed E-state index contributed by atoms with van der Waals surface area (Å²) in [6.45, 7) is 8.49. The third kappa shape index (κ3) is 3.55. The van der Waals surface area contributed by atoms with Crippen LogP contribution >= 0.6 is 0 Å². The number of fused-ring (bicyclic) bond motifs is 1. The van der Waals surface area contributed by atoms with Crippen molar-refractivity contribution < 1.29 is 14.3 Å². The Labute approximate surface area is 178 Å². The maximum Gasteiger partial charge on any atom is 0.336 e. The molecule has 1 N–H and O–H groups in total. The largest absolute Gasteiger partial charge is 0.462 e. The van der Waals surface area contributed by atoms with Gasteiger partial charge in [-0.25, -0.2) is 4.79 Å². The van der Waals surface area contributed by atoms with Crippen molar-refractivity contribution in [1.29, 1.82) is 0 Å². The standard InChI is InChI=1S/C26H29NO3/c1-5-13-30-25(29)22-16(2)27-20-14-26(3,4)15-21(28)24(20)23(22)19-12-8-10-17-9-6-7-11-18(17)19/h6-12,23,27H,5,13-15H2,1-4H3. The Hall–Kier alpha value is -2.88. The minimum Gasteiger partial charge on any atom is -0.462 e. The van der Waals surface area contributed by atoms with E-state index in [1.54, 1.807) is 0 Å². The molecule has 1 aliphatic carbocycles. The summed E-state index contributed by atoms with van der Waals surface area (Å²) < 4.78 is 5.55. The van der Waals surface area contributed by atoms with E-state index in [2.05, 4.69) is 37.4 Å². The Balaban J connectivity index is 1.94. The number of carbonyl (C=O) groups excluding carboxylic acids is 2. The molecule has 0 bridgehead atoms. The lowest BCUT2D eigenvalue weighted by Gasteiger charge is -2.39. The first-order valence-electron chi connectivity index (χ1n) is 10.7. The van der Waals surface area contributed by atoms with Crippen LogP contribution in [0.15, 0.2) is 65.0 Å². The number of ketones is 1. The number of benzene rings is 2. The molecule has 4 nitrogen and oxygen atoms in total. The molecule has 4 heteroatoms. The van der Waals surface area contributed by atoms with Crippen LogP contribution < -0.4 is 5.32 Å². The minimum atomic E-state index is -0.416. The maximum atomic E-state index is 13.4. The average Bonchev–Trinajstić information content (AvgIpc) is 2.69. The van der Waals surface area contributed by atoms with Gasteiger partial charge in [0, 0.05) is 29.3 Å². The van der Waals surface area contributed by atoms with Crippen LogP contribution in [0.25, 0.3) is 10.8 Å². The maximum absolute atomic E-state index is 13.4. The molecular formula is C26H29NO3. The summed E-state index contributed by atoms with van der Waals surface area (Å²) in [5.41, 5.74) is 3.87. The number of rotatable bonds is 4. The van der Waals surface area contributed by atoms with Crippen molar-refractivity contribution in [2.75, 3.05) is 6.61 Å². The quantitative estimate of drug-likeness (QED) is 0.695. The Bertz CT molecular complexity index is 1090. The zero-order valence-electron chi connectivity index (χ0n) is 18.2. The van der Waals surface area contributed by atoms with E-state index in [0.29, 0.717) is 18.6 Å². The first-order chi connectivity index (χ1) is 14.3. The molecule has 0 radical (unpaired) electrons. The number of ether oxygens (including phenoxy) is 1. The number of dihydropyridines is 1. The third-order valence-corrected chi connectivity index (χ3v) is 6.03. The molecule has 2 aromatic carbocycles. The lowest BCUT2D eigenvalue weighted by Crippen LogP contribution is -2.38. The average molecular weight is 404 g/mol. The highest BCUT2D eigenvalue weighted by Crippen LogP contribution is 2.48. The molecule has 4 rings (SSSR count). The second-order valence-electron chi connectivity index (χ2n) is 9.13. The van der Waals surface area contributed by atoms with Gasteiger partial charge in [0.25, 0.3) is 0 Å². The number of esters is 1. The first kappa shape index (κ1) is 20.4. The van der Waals surface area contributed by atoms with E-state index in [1.165, 1.54) is 0 Å². The molecule has 1 atom stereocenters. The van der Waals surface area contributed by atoms with E-state index in [-0.39, 0.29) is 17.2 Å². The number of nitrogens with one attached hydrogen (secondary N) is 1. The number of Topliss-reactive ketones (excluding diaryl/α,β-unsaturated/α-hetero) is 1. The van der Waals surface area contributed by atoms with Crippen LogP contribution in [0.2, 0.25) is 0 Å². The highest BCUT2D eigenvalue weighted by Gasteiger charge is 2.43. The molecule has 1 unspecified atom stereocenters. The van der Waals surface area contributed by atoms with Crippen LogP contribution in [0.4, 0.5) is 0 Å². The smallest absolute Gasteiger partial charge is 0.336 e. The minimum absolute atomic E-state index is 0.104. The summed E-state index contributed by atoms with van der Waals surface area (Å²) in [6, 6.07) is 14.2. The van der Waals surface area contributed by atoms with Crippen molar-refractivity contribution in [3.8, 4) is 0 Å². The van der Waals surface area contributed by atoms with Gasteiger partial charge in [-0.2, -0.15) is 0 Å². The second kappa shape index (κ2) is 7.75. The van der Waals surface area contributed by atoms with Crippen molar-refractivity contribution in [1.82, 2.24) is 5.32 Å². The van der Waals surface area contributed by atoms with Crippen molar-refractivity contribution in [2.45, 2.75) is 52.9 Å². The zero-order chi connectivity index (χ0) is 21.5. The van der Waals surface area contributed by atoms with E-state index < -0.39 is 5.92 Å². The van der Waals surface area contributed by atoms with Gasteiger partial charge in [-0.15, -0.1) is 0 Å². The van der Waals surface area contributed by atoms with Crippen LogP contribution in [0.5, 0.6) is 0 Å². The number of hydrogen-bond acceptors (Lipinski definition) is 4. The number of hydrogen-bond donors (Lipinski definition) is 1. The molecule has 156 valence electrons. The summed E-state index contributed by atoms with van der Waals surface area (Å²) in [6.07, 6.45) is 2.01. The molecule has 0 saturated carbocycles. The van der Waals surface area contributed by atoms with Gasteiger partial charge in [0.2, 0.25) is 0 Å². The van der Waals surface area contributed by atoms with Crippen LogP contribution in [-0.4, -0.2) is 18.4 Å². The summed E-state index contributed by atoms with van der Waals surface area (Å²) >= 11 is 0. The molecule has 0 aromatic heterocycles. The fourth-order valence-corrected chi connectivity index (χ4v) is 4.79. The predicted molar refractivity (Wildman–Crippen MR) is 119 cm³/mol. The number of allylic oxidation sites excluding steroid dienone is 3. The summed E-state index contributed by atoms with van der Waals surface area (Å²) in [4.78, 5) is 26.5. The monoisotopic (exact) mass is 403 g/mol. The van der Waals surface area contributed by atoms with E-state index in [1.807, 2.05) is 38.1 Å². The topological polar surface area (TPSA) is 55.4 Å². The van der Waals surface area contributed by atoms with Crippen LogP contribution in [0.3, 0.4) is 0 Å². The molecule has 1 heterocycles. The molecule has 0 saturated heterocycles. The molecule has 1 aliphatic heterocycles. The van der Waals surface area contributed by atoms with Crippen molar-refractivity contribution in [3.63, 3.8) is 0 Å². The number of carbonyl (C=O) groups is 2. The summed E-state index contributed by atoms with van der Waals surface area (Å²) in [7, 11) is 0. The lowest BCUT2D eigenvalue weighted by atomic mass is 9.68. The van der Waals surface area contributed by atoms with Gasteiger partial charge in [0.15, 0.2) is 5.78 Å². The SMILES string of the molecule is CCCOC(=O)C1=C(C)NC2=C(C(=O)CC(C)(C)C2)C1c1cccc2ccccc12. The van der Waals surface area contributed by atoms with Gasteiger partial charge in [-0.3, -0.25) is 4.79 Å². The molecule has 0 fully saturated rings.